The first-order valence-electron chi connectivity index (χ1n) is 8.68. The second kappa shape index (κ2) is 7.70. The summed E-state index contributed by atoms with van der Waals surface area (Å²) in [6, 6.07) is 8.07. The molecule has 0 aliphatic carbocycles. The van der Waals surface area contributed by atoms with Crippen LogP contribution in [0.5, 0.6) is 0 Å². The van der Waals surface area contributed by atoms with Crippen molar-refractivity contribution in [2.75, 3.05) is 19.8 Å². The number of benzene rings is 1. The van der Waals surface area contributed by atoms with Gasteiger partial charge in [-0.25, -0.2) is 0 Å². The van der Waals surface area contributed by atoms with Gasteiger partial charge in [0.25, 0.3) is 0 Å². The minimum atomic E-state index is -0.968. The third-order valence-corrected chi connectivity index (χ3v) is 4.85. The number of aryl methyl sites for hydroxylation is 2. The first-order valence-corrected chi connectivity index (χ1v) is 8.68. The quantitative estimate of drug-likeness (QED) is 0.872. The standard InChI is InChI=1S/C19H24N2O4/c1-20-12-14(16-4-2-3-5-17(16)20)6-7-18(22)21(13-19(23)24)15-8-10-25-11-9-15/h2-5,12,15H,6-11,13H2,1H3,(H,23,24). The highest BCUT2D eigenvalue weighted by Crippen LogP contribution is 2.22. The lowest BCUT2D eigenvalue weighted by Crippen LogP contribution is -2.46. The van der Waals surface area contributed by atoms with E-state index in [1.807, 2.05) is 25.4 Å². The molecule has 0 atom stereocenters. The van der Waals surface area contributed by atoms with Crippen LogP contribution in [0.25, 0.3) is 10.9 Å². The maximum Gasteiger partial charge on any atom is 0.323 e. The highest BCUT2D eigenvalue weighted by atomic mass is 16.5. The van der Waals surface area contributed by atoms with Crippen LogP contribution in [0.2, 0.25) is 0 Å². The van der Waals surface area contributed by atoms with Crippen LogP contribution >= 0.6 is 0 Å². The number of hydrogen-bond acceptors (Lipinski definition) is 3. The number of nitrogens with zero attached hydrogens (tertiary/aromatic N) is 2. The van der Waals surface area contributed by atoms with Crippen LogP contribution in [0.15, 0.2) is 30.5 Å². The van der Waals surface area contributed by atoms with Gasteiger partial charge in [0.2, 0.25) is 5.91 Å². The summed E-state index contributed by atoms with van der Waals surface area (Å²) in [5.74, 6) is -1.06. The van der Waals surface area contributed by atoms with Crippen molar-refractivity contribution in [2.45, 2.75) is 31.7 Å². The zero-order chi connectivity index (χ0) is 17.8. The van der Waals surface area contributed by atoms with Crippen LogP contribution in [-0.4, -0.2) is 52.3 Å². The fourth-order valence-electron chi connectivity index (χ4n) is 3.57. The summed E-state index contributed by atoms with van der Waals surface area (Å²) in [5.41, 5.74) is 2.26. The number of carbonyl (C=O) groups excluding carboxylic acids is 1. The maximum atomic E-state index is 12.7. The van der Waals surface area contributed by atoms with Crippen LogP contribution in [0.4, 0.5) is 0 Å². The Labute approximate surface area is 147 Å². The number of carboxylic acids is 1. The molecule has 2 aromatic rings. The number of carbonyl (C=O) groups is 2. The van der Waals surface area contributed by atoms with Crippen LogP contribution < -0.4 is 0 Å². The number of ether oxygens (including phenoxy) is 1. The van der Waals surface area contributed by atoms with Gasteiger partial charge in [0.1, 0.15) is 6.54 Å². The van der Waals surface area contributed by atoms with Crippen LogP contribution in [-0.2, 0) is 27.8 Å². The first-order chi connectivity index (χ1) is 12.1. The molecule has 1 N–H and O–H groups in total. The Morgan fingerprint density at radius 1 is 1.28 bits per heavy atom. The van der Waals surface area contributed by atoms with Gasteiger partial charge in [0.05, 0.1) is 0 Å². The molecule has 2 heterocycles. The summed E-state index contributed by atoms with van der Waals surface area (Å²) in [6.07, 6.45) is 4.38. The molecule has 6 heteroatoms. The summed E-state index contributed by atoms with van der Waals surface area (Å²) in [4.78, 5) is 25.4. The molecule has 0 spiro atoms. The molecule has 1 aromatic carbocycles. The van der Waals surface area contributed by atoms with Crippen molar-refractivity contribution >= 4 is 22.8 Å². The number of aliphatic carboxylic acids is 1. The monoisotopic (exact) mass is 344 g/mol. The van der Waals surface area contributed by atoms with Gasteiger partial charge in [-0.05, 0) is 30.9 Å². The van der Waals surface area contributed by atoms with E-state index in [0.717, 1.165) is 16.5 Å². The number of rotatable bonds is 6. The fraction of sp³-hybridized carbons (Fsp3) is 0.474. The minimum Gasteiger partial charge on any atom is -0.480 e. The van der Waals surface area contributed by atoms with Crippen molar-refractivity contribution < 1.29 is 19.4 Å². The third kappa shape index (κ3) is 4.02. The lowest BCUT2D eigenvalue weighted by molar-refractivity contribution is -0.147. The van der Waals surface area contributed by atoms with Gasteiger partial charge in [0.15, 0.2) is 0 Å². The number of fused-ring (bicyclic) bond motifs is 1. The largest absolute Gasteiger partial charge is 0.480 e. The highest BCUT2D eigenvalue weighted by Gasteiger charge is 2.27. The summed E-state index contributed by atoms with van der Waals surface area (Å²) in [5, 5.41) is 10.3. The van der Waals surface area contributed by atoms with Crippen LogP contribution in [0.3, 0.4) is 0 Å². The van der Waals surface area contributed by atoms with Crippen LogP contribution in [0, 0.1) is 0 Å². The molecule has 25 heavy (non-hydrogen) atoms. The number of hydrogen-bond donors (Lipinski definition) is 1. The highest BCUT2D eigenvalue weighted by molar-refractivity contribution is 5.85. The van der Waals surface area contributed by atoms with Gasteiger partial charge in [-0.15, -0.1) is 0 Å². The van der Waals surface area contributed by atoms with Gasteiger partial charge in [-0.3, -0.25) is 9.59 Å². The molecule has 0 radical (unpaired) electrons. The second-order valence-corrected chi connectivity index (χ2v) is 6.54. The molecular formula is C19H24N2O4. The van der Waals surface area contributed by atoms with Gasteiger partial charge in [-0.2, -0.15) is 0 Å². The second-order valence-electron chi connectivity index (χ2n) is 6.54. The molecular weight excluding hydrogens is 320 g/mol. The van der Waals surface area contributed by atoms with E-state index in [-0.39, 0.29) is 18.5 Å². The van der Waals surface area contributed by atoms with E-state index in [4.69, 9.17) is 9.84 Å². The molecule has 0 unspecified atom stereocenters. The van der Waals surface area contributed by atoms with Crippen molar-refractivity contribution in [1.29, 1.82) is 0 Å². The van der Waals surface area contributed by atoms with E-state index in [2.05, 4.69) is 16.7 Å². The fourth-order valence-corrected chi connectivity index (χ4v) is 3.57. The van der Waals surface area contributed by atoms with Crippen molar-refractivity contribution in [3.05, 3.63) is 36.0 Å². The summed E-state index contributed by atoms with van der Waals surface area (Å²) < 4.78 is 7.38. The molecule has 134 valence electrons. The van der Waals surface area contributed by atoms with E-state index in [1.54, 1.807) is 0 Å². The number of aromatic nitrogens is 1. The molecule has 1 saturated heterocycles. The third-order valence-electron chi connectivity index (χ3n) is 4.85. The summed E-state index contributed by atoms with van der Waals surface area (Å²) >= 11 is 0. The molecule has 1 aliphatic heterocycles. The van der Waals surface area contributed by atoms with Gasteiger partial charge in [0, 0.05) is 49.8 Å². The normalized spacial score (nSPS) is 15.4. The van der Waals surface area contributed by atoms with E-state index in [9.17, 15) is 9.59 Å². The summed E-state index contributed by atoms with van der Waals surface area (Å²) in [6.45, 7) is 0.924. The summed E-state index contributed by atoms with van der Waals surface area (Å²) in [7, 11) is 1.99. The molecule has 1 aliphatic rings. The zero-order valence-corrected chi connectivity index (χ0v) is 14.5. The van der Waals surface area contributed by atoms with Crippen molar-refractivity contribution in [3.8, 4) is 0 Å². The minimum absolute atomic E-state index is 0.0372. The molecule has 1 fully saturated rings. The Morgan fingerprint density at radius 2 is 2.00 bits per heavy atom. The lowest BCUT2D eigenvalue weighted by Gasteiger charge is -2.33. The SMILES string of the molecule is Cn1cc(CCC(=O)N(CC(=O)O)C2CCOCC2)c2ccccc21. The Kier molecular flexibility index (Phi) is 5.38. The lowest BCUT2D eigenvalue weighted by atomic mass is 10.0. The Hall–Kier alpha value is -2.34. The molecule has 1 aromatic heterocycles. The number of amides is 1. The molecule has 0 bridgehead atoms. The predicted molar refractivity (Wildman–Crippen MR) is 94.4 cm³/mol. The smallest absolute Gasteiger partial charge is 0.323 e. The van der Waals surface area contributed by atoms with E-state index in [0.29, 0.717) is 38.9 Å². The molecule has 0 saturated carbocycles. The molecule has 6 nitrogen and oxygen atoms in total. The maximum absolute atomic E-state index is 12.7. The molecule has 1 amide bonds. The Balaban J connectivity index is 1.70. The average Bonchev–Trinajstić information content (AvgIpc) is 2.95. The predicted octanol–water partition coefficient (Wildman–Crippen LogP) is 2.20. The molecule has 3 rings (SSSR count). The topological polar surface area (TPSA) is 71.8 Å². The number of para-hydroxylation sites is 1. The van der Waals surface area contributed by atoms with Gasteiger partial charge >= 0.3 is 5.97 Å². The van der Waals surface area contributed by atoms with Gasteiger partial charge in [-0.1, -0.05) is 18.2 Å². The van der Waals surface area contributed by atoms with Crippen molar-refractivity contribution in [1.82, 2.24) is 9.47 Å². The first kappa shape index (κ1) is 17.5. The van der Waals surface area contributed by atoms with Crippen molar-refractivity contribution in [2.24, 2.45) is 7.05 Å². The average molecular weight is 344 g/mol. The zero-order valence-electron chi connectivity index (χ0n) is 14.5. The van der Waals surface area contributed by atoms with Crippen LogP contribution in [0.1, 0.15) is 24.8 Å². The van der Waals surface area contributed by atoms with E-state index in [1.165, 1.54) is 4.90 Å². The Bertz CT molecular complexity index is 762. The Morgan fingerprint density at radius 3 is 2.72 bits per heavy atom. The van der Waals surface area contributed by atoms with Crippen molar-refractivity contribution in [3.63, 3.8) is 0 Å². The number of carboxylic acid groups (broad SMARTS) is 1. The van der Waals surface area contributed by atoms with Gasteiger partial charge < -0.3 is 19.3 Å². The van der Waals surface area contributed by atoms with E-state index < -0.39 is 5.97 Å². The van der Waals surface area contributed by atoms with E-state index >= 15 is 0 Å².